The minimum Gasteiger partial charge on any atom is -0.398 e. The molecule has 0 saturated heterocycles. The van der Waals surface area contributed by atoms with Gasteiger partial charge in [0.05, 0.1) is 0 Å². The number of aromatic amines is 1. The third-order valence-corrected chi connectivity index (χ3v) is 3.66. The molecule has 2 aromatic rings. The number of pyridine rings is 1. The van der Waals surface area contributed by atoms with Gasteiger partial charge in [-0.1, -0.05) is 6.07 Å². The molecule has 0 spiro atoms. The van der Waals surface area contributed by atoms with Gasteiger partial charge in [-0.05, 0) is 30.5 Å². The molecular weight excluding hydrogens is 254 g/mol. The van der Waals surface area contributed by atoms with Gasteiger partial charge < -0.3 is 15.6 Å². The molecule has 0 radical (unpaired) electrons. The van der Waals surface area contributed by atoms with E-state index in [1.165, 1.54) is 18.5 Å². The van der Waals surface area contributed by atoms with E-state index in [4.69, 9.17) is 5.73 Å². The van der Waals surface area contributed by atoms with E-state index in [1.54, 1.807) is 4.90 Å². The normalized spacial score (nSPS) is 13.3. The van der Waals surface area contributed by atoms with E-state index in [0.717, 1.165) is 23.2 Å². The zero-order chi connectivity index (χ0) is 14.3. The van der Waals surface area contributed by atoms with Crippen molar-refractivity contribution in [3.05, 3.63) is 57.5 Å². The molecule has 0 saturated carbocycles. The number of hydrogen-bond acceptors (Lipinski definition) is 3. The summed E-state index contributed by atoms with van der Waals surface area (Å²) in [5, 5.41) is 0. The maximum atomic E-state index is 12.5. The maximum Gasteiger partial charge on any atom is 0.263 e. The van der Waals surface area contributed by atoms with Crippen LogP contribution in [0.4, 0.5) is 11.4 Å². The van der Waals surface area contributed by atoms with Crippen molar-refractivity contribution in [1.82, 2.24) is 4.98 Å². The molecule has 20 heavy (non-hydrogen) atoms. The van der Waals surface area contributed by atoms with Crippen LogP contribution in [0.2, 0.25) is 0 Å². The van der Waals surface area contributed by atoms with Crippen LogP contribution in [0.5, 0.6) is 0 Å². The fraction of sp³-hybridized carbons (Fsp3) is 0.200. The van der Waals surface area contributed by atoms with E-state index >= 15 is 0 Å². The SMILES string of the molecule is Cc1cc2c(cc1N)N(C(=O)c1c[nH]ccc1=O)CC2. The Morgan fingerprint density at radius 3 is 2.95 bits per heavy atom. The summed E-state index contributed by atoms with van der Waals surface area (Å²) in [6, 6.07) is 5.17. The van der Waals surface area contributed by atoms with Crippen molar-refractivity contribution in [1.29, 1.82) is 0 Å². The van der Waals surface area contributed by atoms with E-state index in [9.17, 15) is 9.59 Å². The lowest BCUT2D eigenvalue weighted by Crippen LogP contribution is -2.32. The number of aromatic nitrogens is 1. The van der Waals surface area contributed by atoms with Gasteiger partial charge in [0.2, 0.25) is 0 Å². The monoisotopic (exact) mass is 269 g/mol. The second kappa shape index (κ2) is 4.52. The van der Waals surface area contributed by atoms with Crippen LogP contribution in [0.1, 0.15) is 21.5 Å². The quantitative estimate of drug-likeness (QED) is 0.769. The molecule has 0 fully saturated rings. The number of anilines is 2. The molecule has 0 aliphatic carbocycles. The van der Waals surface area contributed by atoms with Crippen molar-refractivity contribution in [2.45, 2.75) is 13.3 Å². The smallest absolute Gasteiger partial charge is 0.263 e. The van der Waals surface area contributed by atoms with Gasteiger partial charge in [0.25, 0.3) is 5.91 Å². The molecule has 0 bridgehead atoms. The Balaban J connectivity index is 2.04. The van der Waals surface area contributed by atoms with Gasteiger partial charge in [0, 0.05) is 36.4 Å². The Kier molecular flexibility index (Phi) is 2.82. The number of nitrogens with two attached hydrogens (primary N) is 1. The van der Waals surface area contributed by atoms with Crippen molar-refractivity contribution in [3.8, 4) is 0 Å². The van der Waals surface area contributed by atoms with Gasteiger partial charge in [-0.3, -0.25) is 9.59 Å². The third kappa shape index (κ3) is 1.87. The lowest BCUT2D eigenvalue weighted by atomic mass is 10.1. The topological polar surface area (TPSA) is 79.2 Å². The van der Waals surface area contributed by atoms with E-state index in [1.807, 2.05) is 19.1 Å². The van der Waals surface area contributed by atoms with E-state index < -0.39 is 0 Å². The molecule has 3 rings (SSSR count). The first-order chi connectivity index (χ1) is 9.58. The van der Waals surface area contributed by atoms with Crippen LogP contribution in [-0.4, -0.2) is 17.4 Å². The standard InChI is InChI=1S/C15H15N3O2/c1-9-6-10-3-5-18(13(10)7-12(9)16)15(20)11-8-17-4-2-14(11)19/h2,4,6-8H,3,5,16H2,1H3,(H,17,19). The van der Waals surface area contributed by atoms with Crippen LogP contribution in [-0.2, 0) is 6.42 Å². The van der Waals surface area contributed by atoms with Crippen LogP contribution in [0.25, 0.3) is 0 Å². The van der Waals surface area contributed by atoms with Crippen LogP contribution >= 0.6 is 0 Å². The van der Waals surface area contributed by atoms with Gasteiger partial charge in [-0.2, -0.15) is 0 Å². The number of benzene rings is 1. The van der Waals surface area contributed by atoms with Crippen LogP contribution in [0.3, 0.4) is 0 Å². The van der Waals surface area contributed by atoms with Crippen molar-refractivity contribution in [2.24, 2.45) is 0 Å². The molecule has 102 valence electrons. The number of H-pyrrole nitrogens is 1. The number of nitrogens with zero attached hydrogens (tertiary/aromatic N) is 1. The minimum atomic E-state index is -0.283. The number of carbonyl (C=O) groups is 1. The molecule has 0 unspecified atom stereocenters. The second-order valence-corrected chi connectivity index (χ2v) is 4.97. The number of amides is 1. The van der Waals surface area contributed by atoms with Gasteiger partial charge >= 0.3 is 0 Å². The molecule has 5 nitrogen and oxygen atoms in total. The average molecular weight is 269 g/mol. The summed E-state index contributed by atoms with van der Waals surface area (Å²) in [4.78, 5) is 28.6. The molecule has 1 aromatic carbocycles. The van der Waals surface area contributed by atoms with Gasteiger partial charge in [0.1, 0.15) is 5.56 Å². The zero-order valence-electron chi connectivity index (χ0n) is 11.1. The van der Waals surface area contributed by atoms with Crippen molar-refractivity contribution < 1.29 is 4.79 Å². The molecule has 5 heteroatoms. The number of fused-ring (bicyclic) bond motifs is 1. The Hall–Kier alpha value is -2.56. The van der Waals surface area contributed by atoms with Crippen LogP contribution in [0.15, 0.2) is 35.4 Å². The first-order valence-electron chi connectivity index (χ1n) is 6.46. The largest absolute Gasteiger partial charge is 0.398 e. The van der Waals surface area contributed by atoms with E-state index in [2.05, 4.69) is 4.98 Å². The fourth-order valence-corrected chi connectivity index (χ4v) is 2.52. The molecule has 1 aliphatic heterocycles. The number of carbonyl (C=O) groups excluding carboxylic acids is 1. The molecule has 0 atom stereocenters. The highest BCUT2D eigenvalue weighted by atomic mass is 16.2. The van der Waals surface area contributed by atoms with Gasteiger partial charge in [-0.15, -0.1) is 0 Å². The summed E-state index contributed by atoms with van der Waals surface area (Å²) in [6.45, 7) is 2.52. The Morgan fingerprint density at radius 2 is 2.20 bits per heavy atom. The maximum absolute atomic E-state index is 12.5. The molecule has 1 aromatic heterocycles. The predicted molar refractivity (Wildman–Crippen MR) is 78.0 cm³/mol. The highest BCUT2D eigenvalue weighted by molar-refractivity contribution is 6.07. The summed E-state index contributed by atoms with van der Waals surface area (Å²) >= 11 is 0. The van der Waals surface area contributed by atoms with Crippen molar-refractivity contribution in [2.75, 3.05) is 17.2 Å². The molecule has 3 N–H and O–H groups in total. The van der Waals surface area contributed by atoms with Gasteiger partial charge in [0.15, 0.2) is 5.43 Å². The summed E-state index contributed by atoms with van der Waals surface area (Å²) in [5.74, 6) is -0.283. The predicted octanol–water partition coefficient (Wildman–Crippen LogP) is 1.47. The highest BCUT2D eigenvalue weighted by Crippen LogP contribution is 2.32. The molecule has 2 heterocycles. The lowest BCUT2D eigenvalue weighted by Gasteiger charge is -2.17. The average Bonchev–Trinajstić information content (AvgIpc) is 2.82. The molecule has 1 aliphatic rings. The Bertz CT molecular complexity index is 749. The Morgan fingerprint density at radius 1 is 1.40 bits per heavy atom. The third-order valence-electron chi connectivity index (χ3n) is 3.66. The first kappa shape index (κ1) is 12.5. The summed E-state index contributed by atoms with van der Waals surface area (Å²) < 4.78 is 0. The summed E-state index contributed by atoms with van der Waals surface area (Å²) in [5.41, 5.74) is 9.36. The molecular formula is C15H15N3O2. The lowest BCUT2D eigenvalue weighted by molar-refractivity contribution is 0.0988. The zero-order valence-corrected chi connectivity index (χ0v) is 11.1. The molecule has 1 amide bonds. The number of hydrogen-bond donors (Lipinski definition) is 2. The van der Waals surface area contributed by atoms with E-state index in [0.29, 0.717) is 12.2 Å². The van der Waals surface area contributed by atoms with E-state index in [-0.39, 0.29) is 16.9 Å². The van der Waals surface area contributed by atoms with Crippen molar-refractivity contribution >= 4 is 17.3 Å². The summed E-state index contributed by atoms with van der Waals surface area (Å²) in [7, 11) is 0. The highest BCUT2D eigenvalue weighted by Gasteiger charge is 2.27. The first-order valence-corrected chi connectivity index (χ1v) is 6.46. The van der Waals surface area contributed by atoms with Crippen molar-refractivity contribution in [3.63, 3.8) is 0 Å². The fourth-order valence-electron chi connectivity index (χ4n) is 2.52. The Labute approximate surface area is 116 Å². The van der Waals surface area contributed by atoms with Crippen LogP contribution < -0.4 is 16.1 Å². The number of nitrogen functional groups attached to an aromatic ring is 1. The van der Waals surface area contributed by atoms with Gasteiger partial charge in [-0.25, -0.2) is 0 Å². The number of rotatable bonds is 1. The number of aryl methyl sites for hydroxylation is 1. The number of nitrogens with one attached hydrogen (secondary N) is 1. The van der Waals surface area contributed by atoms with Crippen LogP contribution in [0, 0.1) is 6.92 Å². The second-order valence-electron chi connectivity index (χ2n) is 4.97. The minimum absolute atomic E-state index is 0.152. The summed E-state index contributed by atoms with van der Waals surface area (Å²) in [6.07, 6.45) is 3.74.